The van der Waals surface area contributed by atoms with Crippen LogP contribution in [0.15, 0.2) is 39.3 Å². The van der Waals surface area contributed by atoms with Crippen molar-refractivity contribution in [3.8, 4) is 0 Å². The van der Waals surface area contributed by atoms with Gasteiger partial charge in [0.25, 0.3) is 0 Å². The molecule has 0 saturated heterocycles. The summed E-state index contributed by atoms with van der Waals surface area (Å²) in [6.07, 6.45) is 2.67. The summed E-state index contributed by atoms with van der Waals surface area (Å²) >= 11 is 10.6. The van der Waals surface area contributed by atoms with E-state index in [0.717, 1.165) is 8.66 Å². The molecule has 2 aromatic rings. The molecule has 0 fully saturated rings. The van der Waals surface area contributed by atoms with Crippen LogP contribution in [0.4, 0.5) is 0 Å². The van der Waals surface area contributed by atoms with Crippen LogP contribution < -0.4 is 4.72 Å². The molecule has 0 radical (unpaired) electrons. The lowest BCUT2D eigenvalue weighted by atomic mass is 10.5. The maximum absolute atomic E-state index is 12.0. The number of halogens is 2. The maximum Gasteiger partial charge on any atom is 0.243 e. The summed E-state index contributed by atoms with van der Waals surface area (Å²) in [5.74, 6) is 0. The molecule has 0 atom stereocenters. The molecule has 18 heavy (non-hydrogen) atoms. The first kappa shape index (κ1) is 14.0. The average molecular weight is 368 g/mol. The molecule has 2 aromatic heterocycles. The molecule has 96 valence electrons. The Morgan fingerprint density at radius 2 is 2.17 bits per heavy atom. The van der Waals surface area contributed by atoms with Crippen molar-refractivity contribution in [1.29, 1.82) is 0 Å². The first-order valence-corrected chi connectivity index (χ1v) is 8.29. The number of rotatable bonds is 4. The molecule has 8 heteroatoms. The van der Waals surface area contributed by atoms with Crippen molar-refractivity contribution in [3.63, 3.8) is 0 Å². The van der Waals surface area contributed by atoms with Crippen molar-refractivity contribution in [2.45, 2.75) is 11.4 Å². The van der Waals surface area contributed by atoms with Gasteiger partial charge in [0.15, 0.2) is 0 Å². The summed E-state index contributed by atoms with van der Waals surface area (Å²) < 4.78 is 27.4. The third-order valence-electron chi connectivity index (χ3n) is 2.09. The van der Waals surface area contributed by atoms with E-state index in [1.807, 2.05) is 12.1 Å². The van der Waals surface area contributed by atoms with Gasteiger partial charge in [-0.25, -0.2) is 13.1 Å². The maximum atomic E-state index is 12.0. The fourth-order valence-corrected chi connectivity index (χ4v) is 4.20. The largest absolute Gasteiger partial charge is 0.263 e. The van der Waals surface area contributed by atoms with Gasteiger partial charge in [-0.1, -0.05) is 11.6 Å². The molecular formula is C10H8BrClN2O2S2. The van der Waals surface area contributed by atoms with Gasteiger partial charge < -0.3 is 0 Å². The van der Waals surface area contributed by atoms with E-state index in [1.54, 1.807) is 0 Å². The Bertz CT molecular complexity index is 657. The number of nitrogens with one attached hydrogen (secondary N) is 1. The lowest BCUT2D eigenvalue weighted by molar-refractivity contribution is 0.581. The van der Waals surface area contributed by atoms with E-state index in [4.69, 9.17) is 11.6 Å². The Morgan fingerprint density at radius 1 is 1.39 bits per heavy atom. The zero-order chi connectivity index (χ0) is 13.2. The number of pyridine rings is 1. The first-order chi connectivity index (χ1) is 8.49. The van der Waals surface area contributed by atoms with E-state index in [9.17, 15) is 8.42 Å². The highest BCUT2D eigenvalue weighted by molar-refractivity contribution is 9.11. The number of hydrogen-bond acceptors (Lipinski definition) is 4. The van der Waals surface area contributed by atoms with Gasteiger partial charge in [-0.15, -0.1) is 11.3 Å². The van der Waals surface area contributed by atoms with Crippen LogP contribution >= 0.6 is 38.9 Å². The highest BCUT2D eigenvalue weighted by atomic mass is 79.9. The summed E-state index contributed by atoms with van der Waals surface area (Å²) in [5, 5.41) is 0.157. The minimum atomic E-state index is -3.63. The molecule has 0 aliphatic heterocycles. The van der Waals surface area contributed by atoms with E-state index in [2.05, 4.69) is 25.6 Å². The van der Waals surface area contributed by atoms with Crippen molar-refractivity contribution in [1.82, 2.24) is 9.71 Å². The van der Waals surface area contributed by atoms with Crippen LogP contribution in [0, 0.1) is 0 Å². The van der Waals surface area contributed by atoms with Crippen LogP contribution in [0.2, 0.25) is 5.02 Å². The molecular weight excluding hydrogens is 360 g/mol. The van der Waals surface area contributed by atoms with Crippen LogP contribution in [-0.4, -0.2) is 13.4 Å². The molecule has 0 aromatic carbocycles. The van der Waals surface area contributed by atoms with Crippen molar-refractivity contribution in [2.75, 3.05) is 0 Å². The zero-order valence-corrected chi connectivity index (χ0v) is 12.9. The third kappa shape index (κ3) is 3.30. The monoisotopic (exact) mass is 366 g/mol. The zero-order valence-electron chi connectivity index (χ0n) is 8.93. The predicted molar refractivity (Wildman–Crippen MR) is 75.3 cm³/mol. The van der Waals surface area contributed by atoms with Crippen molar-refractivity contribution >= 4 is 48.9 Å². The molecule has 2 heterocycles. The number of nitrogens with zero attached hydrogens (tertiary/aromatic N) is 1. The van der Waals surface area contributed by atoms with E-state index >= 15 is 0 Å². The second-order valence-corrected chi connectivity index (χ2v) is 8.03. The van der Waals surface area contributed by atoms with Crippen LogP contribution in [0.5, 0.6) is 0 Å². The smallest absolute Gasteiger partial charge is 0.243 e. The lowest BCUT2D eigenvalue weighted by Gasteiger charge is -2.06. The Kier molecular flexibility index (Phi) is 4.39. The standard InChI is InChI=1S/C10H8BrClN2O2S2/c11-10-2-1-7(17-10)5-14-18(15,16)9-6-13-4-3-8(9)12/h1-4,6,14H,5H2. The molecule has 2 rings (SSSR count). The van der Waals surface area contributed by atoms with Crippen LogP contribution in [-0.2, 0) is 16.6 Å². The Balaban J connectivity index is 2.16. The molecule has 0 aliphatic rings. The van der Waals surface area contributed by atoms with Crippen molar-refractivity contribution in [3.05, 3.63) is 44.3 Å². The topological polar surface area (TPSA) is 59.1 Å². The van der Waals surface area contributed by atoms with E-state index in [0.29, 0.717) is 0 Å². The minimum Gasteiger partial charge on any atom is -0.263 e. The molecule has 0 unspecified atom stereocenters. The minimum absolute atomic E-state index is 0.0118. The molecule has 0 bridgehead atoms. The number of thiophene rings is 1. The average Bonchev–Trinajstić information content (AvgIpc) is 2.73. The van der Waals surface area contributed by atoms with Gasteiger partial charge in [0, 0.05) is 23.8 Å². The van der Waals surface area contributed by atoms with Gasteiger partial charge in [0.1, 0.15) is 4.90 Å². The van der Waals surface area contributed by atoms with Gasteiger partial charge in [-0.05, 0) is 34.1 Å². The summed E-state index contributed by atoms with van der Waals surface area (Å²) in [4.78, 5) is 4.66. The van der Waals surface area contributed by atoms with Gasteiger partial charge >= 0.3 is 0 Å². The Hall–Kier alpha value is -0.470. The van der Waals surface area contributed by atoms with Gasteiger partial charge in [0.2, 0.25) is 10.0 Å². The second kappa shape index (κ2) is 5.66. The number of aromatic nitrogens is 1. The molecule has 0 amide bonds. The van der Waals surface area contributed by atoms with Crippen molar-refractivity contribution < 1.29 is 8.42 Å². The number of sulfonamides is 1. The van der Waals surface area contributed by atoms with E-state index in [1.165, 1.54) is 29.8 Å². The van der Waals surface area contributed by atoms with Crippen LogP contribution in [0.25, 0.3) is 0 Å². The summed E-state index contributed by atoms with van der Waals surface area (Å²) in [6, 6.07) is 5.16. The van der Waals surface area contributed by atoms with E-state index < -0.39 is 10.0 Å². The molecule has 0 aliphatic carbocycles. The van der Waals surface area contributed by atoms with Gasteiger partial charge in [-0.2, -0.15) is 0 Å². The Morgan fingerprint density at radius 3 is 2.78 bits per heavy atom. The third-order valence-corrected chi connectivity index (χ3v) is 5.58. The molecule has 1 N–H and O–H groups in total. The quantitative estimate of drug-likeness (QED) is 0.903. The summed E-state index contributed by atoms with van der Waals surface area (Å²) in [6.45, 7) is 0.226. The van der Waals surface area contributed by atoms with Crippen LogP contribution in [0.1, 0.15) is 4.88 Å². The fraction of sp³-hybridized carbons (Fsp3) is 0.100. The highest BCUT2D eigenvalue weighted by Gasteiger charge is 2.17. The van der Waals surface area contributed by atoms with Crippen LogP contribution in [0.3, 0.4) is 0 Å². The fourth-order valence-electron chi connectivity index (χ4n) is 1.25. The lowest BCUT2D eigenvalue weighted by Crippen LogP contribution is -2.23. The van der Waals surface area contributed by atoms with Gasteiger partial charge in [0.05, 0.1) is 8.81 Å². The number of hydrogen-bond donors (Lipinski definition) is 1. The van der Waals surface area contributed by atoms with Gasteiger partial charge in [-0.3, -0.25) is 4.98 Å². The van der Waals surface area contributed by atoms with E-state index in [-0.39, 0.29) is 16.5 Å². The molecule has 0 saturated carbocycles. The first-order valence-electron chi connectivity index (χ1n) is 4.82. The predicted octanol–water partition coefficient (Wildman–Crippen LogP) is 3.04. The Labute approximate surface area is 122 Å². The summed E-state index contributed by atoms with van der Waals surface area (Å²) in [7, 11) is -3.63. The SMILES string of the molecule is O=S(=O)(NCc1ccc(Br)s1)c1cnccc1Cl. The second-order valence-electron chi connectivity index (χ2n) is 3.34. The molecule has 0 spiro atoms. The normalized spacial score (nSPS) is 11.7. The highest BCUT2D eigenvalue weighted by Crippen LogP contribution is 2.23. The van der Waals surface area contributed by atoms with Crippen molar-refractivity contribution in [2.24, 2.45) is 0 Å². The molecule has 4 nitrogen and oxygen atoms in total. The summed E-state index contributed by atoms with van der Waals surface area (Å²) in [5.41, 5.74) is 0.